The lowest BCUT2D eigenvalue weighted by atomic mass is 10.0. The van der Waals surface area contributed by atoms with E-state index in [0.717, 1.165) is 25.0 Å². The molecule has 1 aliphatic rings. The van der Waals surface area contributed by atoms with Crippen LogP contribution in [0.2, 0.25) is 0 Å². The van der Waals surface area contributed by atoms with Gasteiger partial charge in [-0.2, -0.15) is 0 Å². The van der Waals surface area contributed by atoms with E-state index >= 15 is 0 Å². The number of carbonyl (C=O) groups is 1. The minimum absolute atomic E-state index is 0.292. The normalized spacial score (nSPS) is 25.1. The number of rotatable bonds is 3. The third-order valence-corrected chi connectivity index (χ3v) is 2.92. The number of benzene rings is 1. The van der Waals surface area contributed by atoms with Crippen LogP contribution in [0.5, 0.6) is 5.75 Å². The number of hydrogen-bond donors (Lipinski definition) is 1. The Kier molecular flexibility index (Phi) is 3.25. The molecule has 0 aliphatic carbocycles. The molecule has 1 aromatic carbocycles. The zero-order chi connectivity index (χ0) is 11.4. The van der Waals surface area contributed by atoms with Gasteiger partial charge in [0.1, 0.15) is 12.0 Å². The van der Waals surface area contributed by atoms with Crippen LogP contribution in [0.4, 0.5) is 0 Å². The van der Waals surface area contributed by atoms with Crippen LogP contribution in [0.15, 0.2) is 24.3 Å². The first-order valence-corrected chi connectivity index (χ1v) is 5.71. The lowest BCUT2D eigenvalue weighted by molar-refractivity contribution is 0.0254. The van der Waals surface area contributed by atoms with Crippen molar-refractivity contribution in [3.05, 3.63) is 29.8 Å². The Morgan fingerprint density at radius 3 is 3.00 bits per heavy atom. The summed E-state index contributed by atoms with van der Waals surface area (Å²) < 4.78 is 5.92. The zero-order valence-corrected chi connectivity index (χ0v) is 9.53. The van der Waals surface area contributed by atoms with Crippen LogP contribution in [-0.4, -0.2) is 18.6 Å². The highest BCUT2D eigenvalue weighted by atomic mass is 16.5. The molecule has 0 amide bonds. The Balaban J connectivity index is 2.09. The minimum Gasteiger partial charge on any atom is -0.473 e. The van der Waals surface area contributed by atoms with Crippen LogP contribution in [0.1, 0.15) is 36.5 Å². The summed E-state index contributed by atoms with van der Waals surface area (Å²) in [5, 5.41) is 3.37. The van der Waals surface area contributed by atoms with Gasteiger partial charge in [0.15, 0.2) is 5.72 Å². The predicted octanol–water partition coefficient (Wildman–Crippen LogP) is 2.37. The van der Waals surface area contributed by atoms with Crippen molar-refractivity contribution in [2.75, 3.05) is 6.54 Å². The summed E-state index contributed by atoms with van der Waals surface area (Å²) in [4.78, 5) is 10.7. The number of ether oxygens (including phenoxy) is 1. The molecule has 1 fully saturated rings. The average molecular weight is 219 g/mol. The lowest BCUT2D eigenvalue weighted by Crippen LogP contribution is -2.50. The van der Waals surface area contributed by atoms with Crippen molar-refractivity contribution in [3.63, 3.8) is 0 Å². The van der Waals surface area contributed by atoms with Crippen molar-refractivity contribution < 1.29 is 9.53 Å². The van der Waals surface area contributed by atoms with E-state index in [4.69, 9.17) is 4.74 Å². The molecule has 0 bridgehead atoms. The summed E-state index contributed by atoms with van der Waals surface area (Å²) in [7, 11) is 0. The zero-order valence-electron chi connectivity index (χ0n) is 9.53. The molecule has 16 heavy (non-hydrogen) atoms. The largest absolute Gasteiger partial charge is 0.473 e. The molecule has 1 aliphatic heterocycles. The van der Waals surface area contributed by atoms with Gasteiger partial charge in [0.25, 0.3) is 0 Å². The summed E-state index contributed by atoms with van der Waals surface area (Å²) in [6.45, 7) is 3.05. The van der Waals surface area contributed by atoms with Crippen LogP contribution >= 0.6 is 0 Å². The van der Waals surface area contributed by atoms with Crippen LogP contribution < -0.4 is 10.1 Å². The van der Waals surface area contributed by atoms with Crippen LogP contribution in [0.25, 0.3) is 0 Å². The quantitative estimate of drug-likeness (QED) is 0.793. The number of aldehydes is 1. The first kappa shape index (κ1) is 11.1. The molecule has 0 unspecified atom stereocenters. The SMILES string of the molecule is C[C@]1(Oc2cccc(C=O)c2)CCCCN1. The van der Waals surface area contributed by atoms with Crippen LogP contribution in [-0.2, 0) is 0 Å². The van der Waals surface area contributed by atoms with Gasteiger partial charge in [-0.15, -0.1) is 0 Å². The Morgan fingerprint density at radius 1 is 1.44 bits per heavy atom. The minimum atomic E-state index is -0.292. The van der Waals surface area contributed by atoms with Gasteiger partial charge in [0, 0.05) is 12.0 Å². The summed E-state index contributed by atoms with van der Waals surface area (Å²) in [6.07, 6.45) is 4.21. The molecule has 1 N–H and O–H groups in total. The average Bonchev–Trinajstić information content (AvgIpc) is 2.29. The van der Waals surface area contributed by atoms with Crippen LogP contribution in [0, 0.1) is 0 Å². The number of hydrogen-bond acceptors (Lipinski definition) is 3. The van der Waals surface area contributed by atoms with Gasteiger partial charge in [-0.3, -0.25) is 10.1 Å². The molecule has 3 nitrogen and oxygen atoms in total. The molecule has 0 saturated carbocycles. The molecule has 2 rings (SSSR count). The maximum Gasteiger partial charge on any atom is 0.158 e. The van der Waals surface area contributed by atoms with Gasteiger partial charge >= 0.3 is 0 Å². The Bertz CT molecular complexity index is 370. The lowest BCUT2D eigenvalue weighted by Gasteiger charge is -2.35. The summed E-state index contributed by atoms with van der Waals surface area (Å²) in [5.74, 6) is 0.751. The third-order valence-electron chi connectivity index (χ3n) is 2.92. The molecule has 1 aromatic rings. The fraction of sp³-hybridized carbons (Fsp3) is 0.462. The van der Waals surface area contributed by atoms with E-state index in [1.807, 2.05) is 12.1 Å². The Hall–Kier alpha value is -1.35. The van der Waals surface area contributed by atoms with E-state index in [-0.39, 0.29) is 5.72 Å². The van der Waals surface area contributed by atoms with Gasteiger partial charge < -0.3 is 4.74 Å². The second-order valence-corrected chi connectivity index (χ2v) is 4.41. The summed E-state index contributed by atoms with van der Waals surface area (Å²) in [6, 6.07) is 7.27. The number of piperidine rings is 1. The highest BCUT2D eigenvalue weighted by molar-refractivity contribution is 5.75. The van der Waals surface area contributed by atoms with Crippen LogP contribution in [0.3, 0.4) is 0 Å². The highest BCUT2D eigenvalue weighted by Crippen LogP contribution is 2.24. The van der Waals surface area contributed by atoms with Crippen molar-refractivity contribution in [3.8, 4) is 5.75 Å². The molecule has 0 aromatic heterocycles. The second-order valence-electron chi connectivity index (χ2n) is 4.41. The maximum absolute atomic E-state index is 10.7. The molecular weight excluding hydrogens is 202 g/mol. The highest BCUT2D eigenvalue weighted by Gasteiger charge is 2.27. The molecule has 86 valence electrons. The van der Waals surface area contributed by atoms with E-state index in [1.165, 1.54) is 12.8 Å². The number of nitrogens with one attached hydrogen (secondary N) is 1. The predicted molar refractivity (Wildman–Crippen MR) is 62.7 cm³/mol. The van der Waals surface area contributed by atoms with E-state index in [9.17, 15) is 4.79 Å². The Labute approximate surface area is 95.8 Å². The van der Waals surface area contributed by atoms with E-state index in [1.54, 1.807) is 12.1 Å². The van der Waals surface area contributed by atoms with E-state index < -0.39 is 0 Å². The molecule has 0 radical (unpaired) electrons. The summed E-state index contributed by atoms with van der Waals surface area (Å²) >= 11 is 0. The van der Waals surface area contributed by atoms with E-state index in [0.29, 0.717) is 5.56 Å². The van der Waals surface area contributed by atoms with Gasteiger partial charge in [-0.05, 0) is 38.4 Å². The third kappa shape index (κ3) is 2.61. The van der Waals surface area contributed by atoms with Gasteiger partial charge in [0.2, 0.25) is 0 Å². The second kappa shape index (κ2) is 4.66. The molecular formula is C13H17NO2. The first-order chi connectivity index (χ1) is 7.72. The van der Waals surface area contributed by atoms with Crippen molar-refractivity contribution in [1.82, 2.24) is 5.32 Å². The molecule has 3 heteroatoms. The van der Waals surface area contributed by atoms with E-state index in [2.05, 4.69) is 12.2 Å². The van der Waals surface area contributed by atoms with Gasteiger partial charge in [-0.1, -0.05) is 12.1 Å². The molecule has 1 heterocycles. The fourth-order valence-corrected chi connectivity index (χ4v) is 2.03. The topological polar surface area (TPSA) is 38.3 Å². The smallest absolute Gasteiger partial charge is 0.158 e. The van der Waals surface area contributed by atoms with Crippen molar-refractivity contribution in [1.29, 1.82) is 0 Å². The standard InChI is InChI=1S/C13H17NO2/c1-13(7-2-3-8-14-13)16-12-6-4-5-11(9-12)10-15/h4-6,9-10,14H,2-3,7-8H2,1H3/t13-/m0/s1. The van der Waals surface area contributed by atoms with Gasteiger partial charge in [-0.25, -0.2) is 0 Å². The molecule has 1 saturated heterocycles. The number of carbonyl (C=O) groups excluding carboxylic acids is 1. The molecule has 0 spiro atoms. The van der Waals surface area contributed by atoms with Crippen molar-refractivity contribution >= 4 is 6.29 Å². The first-order valence-electron chi connectivity index (χ1n) is 5.71. The van der Waals surface area contributed by atoms with Gasteiger partial charge in [0.05, 0.1) is 0 Å². The monoisotopic (exact) mass is 219 g/mol. The fourth-order valence-electron chi connectivity index (χ4n) is 2.03. The van der Waals surface area contributed by atoms with Crippen molar-refractivity contribution in [2.45, 2.75) is 31.9 Å². The Morgan fingerprint density at radius 2 is 2.31 bits per heavy atom. The molecule has 1 atom stereocenters. The van der Waals surface area contributed by atoms with Crippen molar-refractivity contribution in [2.24, 2.45) is 0 Å². The maximum atomic E-state index is 10.7. The summed E-state index contributed by atoms with van der Waals surface area (Å²) in [5.41, 5.74) is 0.358.